The number of rotatable bonds is 7. The fourth-order valence-corrected chi connectivity index (χ4v) is 3.14. The van der Waals surface area contributed by atoms with Crippen molar-refractivity contribution in [3.05, 3.63) is 59.8 Å². The van der Waals surface area contributed by atoms with Crippen molar-refractivity contribution in [3.63, 3.8) is 0 Å². The first kappa shape index (κ1) is 19.5. The number of aromatic amines is 1. The Morgan fingerprint density at radius 1 is 1.17 bits per heavy atom. The highest BCUT2D eigenvalue weighted by Crippen LogP contribution is 2.32. The number of carbonyl (C=O) groups is 2. The third-order valence-electron chi connectivity index (χ3n) is 4.71. The summed E-state index contributed by atoms with van der Waals surface area (Å²) >= 11 is 0. The van der Waals surface area contributed by atoms with E-state index in [2.05, 4.69) is 10.1 Å². The van der Waals surface area contributed by atoms with E-state index < -0.39 is 18.7 Å². The molecule has 1 aliphatic heterocycles. The van der Waals surface area contributed by atoms with E-state index in [-0.39, 0.29) is 12.6 Å². The first-order valence-electron chi connectivity index (χ1n) is 9.39. The van der Waals surface area contributed by atoms with E-state index >= 15 is 0 Å². The monoisotopic (exact) mass is 408 g/mol. The molecule has 0 unspecified atom stereocenters. The van der Waals surface area contributed by atoms with E-state index in [1.807, 2.05) is 30.3 Å². The van der Waals surface area contributed by atoms with Gasteiger partial charge in [0.05, 0.1) is 5.71 Å². The molecule has 1 aromatic heterocycles. The van der Waals surface area contributed by atoms with Crippen molar-refractivity contribution in [3.8, 4) is 11.5 Å². The van der Waals surface area contributed by atoms with Crippen LogP contribution in [0.15, 0.2) is 53.8 Å². The van der Waals surface area contributed by atoms with Crippen molar-refractivity contribution < 1.29 is 28.6 Å². The van der Waals surface area contributed by atoms with Crippen molar-refractivity contribution in [2.45, 2.75) is 20.0 Å². The summed E-state index contributed by atoms with van der Waals surface area (Å²) < 4.78 is 15.8. The molecule has 0 saturated carbocycles. The van der Waals surface area contributed by atoms with Gasteiger partial charge < -0.3 is 24.0 Å². The third-order valence-corrected chi connectivity index (χ3v) is 4.71. The van der Waals surface area contributed by atoms with Gasteiger partial charge in [0.25, 0.3) is 0 Å². The van der Waals surface area contributed by atoms with Gasteiger partial charge in [-0.15, -0.1) is 0 Å². The lowest BCUT2D eigenvalue weighted by molar-refractivity contribution is -0.151. The highest BCUT2D eigenvalue weighted by Gasteiger charge is 2.22. The average Bonchev–Trinajstić information content (AvgIpc) is 3.39. The molecule has 0 amide bonds. The largest absolute Gasteiger partial charge is 0.454 e. The molecule has 2 aromatic carbocycles. The number of ether oxygens (including phenoxy) is 3. The van der Waals surface area contributed by atoms with E-state index in [1.165, 1.54) is 6.92 Å². The maximum atomic E-state index is 12.6. The van der Waals surface area contributed by atoms with E-state index in [0.717, 1.165) is 16.5 Å². The molecule has 0 spiro atoms. The summed E-state index contributed by atoms with van der Waals surface area (Å²) in [5.74, 6) is 0.328. The lowest BCUT2D eigenvalue weighted by atomic mass is 10.1. The third kappa shape index (κ3) is 3.98. The molecule has 4 rings (SSSR count). The lowest BCUT2D eigenvalue weighted by Crippen LogP contribution is -2.26. The maximum Gasteiger partial charge on any atom is 0.347 e. The van der Waals surface area contributed by atoms with Gasteiger partial charge in [-0.25, -0.2) is 4.79 Å². The molecule has 8 nitrogen and oxygen atoms in total. The van der Waals surface area contributed by atoms with Crippen LogP contribution in [0, 0.1) is 0 Å². The summed E-state index contributed by atoms with van der Waals surface area (Å²) in [6, 6.07) is 12.8. The van der Waals surface area contributed by atoms with Crippen LogP contribution in [0.25, 0.3) is 10.9 Å². The second kappa shape index (κ2) is 8.28. The number of para-hydroxylation sites is 1. The van der Waals surface area contributed by atoms with Crippen LogP contribution in [0.2, 0.25) is 0 Å². The molecule has 0 bridgehead atoms. The van der Waals surface area contributed by atoms with Crippen LogP contribution in [-0.4, -0.2) is 42.0 Å². The Hall–Kier alpha value is -3.81. The van der Waals surface area contributed by atoms with Gasteiger partial charge in [-0.1, -0.05) is 23.4 Å². The average molecular weight is 408 g/mol. The summed E-state index contributed by atoms with van der Waals surface area (Å²) in [5, 5.41) is 4.72. The van der Waals surface area contributed by atoms with E-state index in [0.29, 0.717) is 22.8 Å². The molecule has 154 valence electrons. The maximum absolute atomic E-state index is 12.6. The standard InChI is InChI=1S/C22H20N2O6/c1-13(15-7-8-19-20(9-15)28-12-27-19)24-29-11-21(25)30-14(2)22(26)17-10-23-18-6-4-3-5-16(17)18/h3-10,14,23H,11-12H2,1-2H3/b24-13-/t14-/m0/s1. The highest BCUT2D eigenvalue weighted by molar-refractivity contribution is 6.10. The van der Waals surface area contributed by atoms with Gasteiger partial charge in [0, 0.05) is 28.2 Å². The summed E-state index contributed by atoms with van der Waals surface area (Å²) in [4.78, 5) is 32.8. The second-order valence-corrected chi connectivity index (χ2v) is 6.76. The Kier molecular flexibility index (Phi) is 5.38. The zero-order valence-electron chi connectivity index (χ0n) is 16.5. The molecule has 3 aromatic rings. The Balaban J connectivity index is 1.32. The molecular weight excluding hydrogens is 388 g/mol. The molecule has 0 radical (unpaired) electrons. The van der Waals surface area contributed by atoms with Gasteiger partial charge in [0.15, 0.2) is 17.6 Å². The number of ketones is 1. The fourth-order valence-electron chi connectivity index (χ4n) is 3.14. The first-order valence-corrected chi connectivity index (χ1v) is 9.39. The van der Waals surface area contributed by atoms with E-state index in [1.54, 1.807) is 25.3 Å². The number of nitrogens with one attached hydrogen (secondary N) is 1. The highest BCUT2D eigenvalue weighted by atomic mass is 16.7. The number of nitrogens with zero attached hydrogens (tertiary/aromatic N) is 1. The summed E-state index contributed by atoms with van der Waals surface area (Å²) in [6.45, 7) is 3.05. The fraction of sp³-hybridized carbons (Fsp3) is 0.227. The van der Waals surface area contributed by atoms with Gasteiger partial charge in [0.2, 0.25) is 19.2 Å². The molecule has 2 heterocycles. The zero-order chi connectivity index (χ0) is 21.1. The Bertz CT molecular complexity index is 1130. The number of H-pyrrole nitrogens is 1. The number of esters is 1. The van der Waals surface area contributed by atoms with Gasteiger partial charge >= 0.3 is 5.97 Å². The van der Waals surface area contributed by atoms with Gasteiger partial charge in [-0.05, 0) is 38.1 Å². The number of carbonyl (C=O) groups excluding carboxylic acids is 2. The number of oxime groups is 1. The van der Waals surface area contributed by atoms with Crippen LogP contribution in [0.3, 0.4) is 0 Å². The molecule has 1 aliphatic rings. The second-order valence-electron chi connectivity index (χ2n) is 6.76. The van der Waals surface area contributed by atoms with Crippen LogP contribution in [0.4, 0.5) is 0 Å². The Morgan fingerprint density at radius 2 is 1.97 bits per heavy atom. The van der Waals surface area contributed by atoms with Crippen LogP contribution < -0.4 is 9.47 Å². The van der Waals surface area contributed by atoms with E-state index in [9.17, 15) is 9.59 Å². The summed E-state index contributed by atoms with van der Waals surface area (Å²) in [5.41, 5.74) is 2.65. The van der Waals surface area contributed by atoms with Crippen molar-refractivity contribution in [1.82, 2.24) is 4.98 Å². The number of fused-ring (bicyclic) bond motifs is 2. The summed E-state index contributed by atoms with van der Waals surface area (Å²) in [7, 11) is 0. The molecule has 8 heteroatoms. The summed E-state index contributed by atoms with van der Waals surface area (Å²) in [6.07, 6.45) is 0.673. The minimum absolute atomic E-state index is 0.187. The van der Waals surface area contributed by atoms with Crippen molar-refractivity contribution >= 4 is 28.4 Å². The van der Waals surface area contributed by atoms with E-state index in [4.69, 9.17) is 19.0 Å². The van der Waals surface area contributed by atoms with Crippen LogP contribution in [0.5, 0.6) is 11.5 Å². The number of aromatic nitrogens is 1. The lowest BCUT2D eigenvalue weighted by Gasteiger charge is -2.11. The van der Waals surface area contributed by atoms with Crippen molar-refractivity contribution in [1.29, 1.82) is 0 Å². The predicted octanol–water partition coefficient (Wildman–Crippen LogP) is 3.45. The van der Waals surface area contributed by atoms with Crippen molar-refractivity contribution in [2.24, 2.45) is 5.16 Å². The van der Waals surface area contributed by atoms with Gasteiger partial charge in [0.1, 0.15) is 0 Å². The SMILES string of the molecule is C/C(=N/OCC(=O)O[C@@H](C)C(=O)c1c[nH]c2ccccc12)c1ccc2c(c1)OCO2. The molecule has 1 N–H and O–H groups in total. The minimum Gasteiger partial charge on any atom is -0.454 e. The van der Waals surface area contributed by atoms with Crippen LogP contribution >= 0.6 is 0 Å². The normalized spacial score (nSPS) is 13.9. The molecule has 0 fully saturated rings. The molecule has 1 atom stereocenters. The number of Topliss-reactive ketones (excluding diaryl/α,β-unsaturated/α-hetero) is 1. The van der Waals surface area contributed by atoms with Crippen molar-refractivity contribution in [2.75, 3.05) is 13.4 Å². The molecular formula is C22H20N2O6. The quantitative estimate of drug-likeness (QED) is 0.278. The molecule has 0 saturated heterocycles. The minimum atomic E-state index is -0.945. The van der Waals surface area contributed by atoms with Crippen LogP contribution in [0.1, 0.15) is 29.8 Å². The van der Waals surface area contributed by atoms with Crippen LogP contribution in [-0.2, 0) is 14.4 Å². The Morgan fingerprint density at radius 3 is 2.83 bits per heavy atom. The van der Waals surface area contributed by atoms with Gasteiger partial charge in [-0.3, -0.25) is 4.79 Å². The van der Waals surface area contributed by atoms with Gasteiger partial charge in [-0.2, -0.15) is 0 Å². The number of hydrogen-bond acceptors (Lipinski definition) is 7. The zero-order valence-corrected chi connectivity index (χ0v) is 16.5. The predicted molar refractivity (Wildman–Crippen MR) is 109 cm³/mol. The number of hydrogen-bond donors (Lipinski definition) is 1. The number of benzene rings is 2. The molecule has 0 aliphatic carbocycles. The first-order chi connectivity index (χ1) is 14.5. The Labute approximate surface area is 172 Å². The molecule has 30 heavy (non-hydrogen) atoms. The topological polar surface area (TPSA) is 99.2 Å². The smallest absolute Gasteiger partial charge is 0.347 e.